The fraction of sp³-hybridized carbons (Fsp3) is 0.714. The van der Waals surface area contributed by atoms with Crippen LogP contribution in [0.3, 0.4) is 0 Å². The van der Waals surface area contributed by atoms with Crippen LogP contribution in [0.25, 0.3) is 0 Å². The fourth-order valence-corrected chi connectivity index (χ4v) is 1.92. The predicted octanol–water partition coefficient (Wildman–Crippen LogP) is -0.118. The second-order valence-corrected chi connectivity index (χ2v) is 4.26. The van der Waals surface area contributed by atoms with Crippen molar-refractivity contribution in [2.45, 2.75) is 18.4 Å². The molecule has 3 nitrogen and oxygen atoms in total. The molecule has 0 rings (SSSR count). The molecule has 0 bridgehead atoms. The molecule has 0 aliphatic rings. The minimum atomic E-state index is -1.09. The van der Waals surface area contributed by atoms with Gasteiger partial charge in [0.15, 0.2) is 0 Å². The van der Waals surface area contributed by atoms with Crippen molar-refractivity contribution in [1.29, 1.82) is 0 Å². The molecule has 1 atom stereocenters. The molecule has 12 heavy (non-hydrogen) atoms. The van der Waals surface area contributed by atoms with Gasteiger partial charge >= 0.3 is 84.3 Å². The topological polar surface area (TPSA) is 63.3 Å². The number of rotatable bonds is 6. The van der Waals surface area contributed by atoms with Crippen molar-refractivity contribution >= 4 is 38.2 Å². The van der Waals surface area contributed by atoms with Crippen molar-refractivity contribution in [3.63, 3.8) is 0 Å². The summed E-state index contributed by atoms with van der Waals surface area (Å²) >= 11 is 4.26. The summed E-state index contributed by atoms with van der Waals surface area (Å²) < 4.78 is 0. The molecule has 3 N–H and O–H groups in total. The summed E-state index contributed by atoms with van der Waals surface area (Å²) in [6.45, 7) is 0. The third-order valence-corrected chi connectivity index (χ3v) is 2.59. The molecule has 0 aliphatic carbocycles. The Balaban J connectivity index is 4.17. The standard InChI is InChI=1S/C7H13NO2SSe/c1-11-4-2-7(8,3-5-12)6(9)10/h5H,2-4,8H2,1H3,(H,9,10). The van der Waals surface area contributed by atoms with Gasteiger partial charge in [0.25, 0.3) is 0 Å². The number of hydrogen-bond donors (Lipinski definition) is 2. The summed E-state index contributed by atoms with van der Waals surface area (Å²) in [6, 6.07) is 0. The van der Waals surface area contributed by atoms with Crippen LogP contribution < -0.4 is 5.73 Å². The first-order valence-electron chi connectivity index (χ1n) is 3.51. The first-order valence-corrected chi connectivity index (χ1v) is 5.90. The van der Waals surface area contributed by atoms with Crippen LogP contribution in [-0.4, -0.2) is 49.1 Å². The minimum absolute atomic E-state index is 0.378. The van der Waals surface area contributed by atoms with Gasteiger partial charge in [-0.25, -0.2) is 0 Å². The molecule has 0 radical (unpaired) electrons. The normalized spacial score (nSPS) is 15.2. The monoisotopic (exact) mass is 255 g/mol. The molecule has 0 spiro atoms. The Labute approximate surface area is 84.4 Å². The molecule has 0 heterocycles. The number of carboxylic acids is 1. The van der Waals surface area contributed by atoms with Crippen LogP contribution in [0.1, 0.15) is 12.8 Å². The van der Waals surface area contributed by atoms with Gasteiger partial charge in [0.1, 0.15) is 0 Å². The molecule has 70 valence electrons. The summed E-state index contributed by atoms with van der Waals surface area (Å²) in [7, 11) is 0. The molecule has 0 aromatic rings. The number of nitrogens with two attached hydrogens (primary N) is 1. The van der Waals surface area contributed by atoms with Gasteiger partial charge in [0.2, 0.25) is 0 Å². The summed E-state index contributed by atoms with van der Waals surface area (Å²) in [6.07, 6.45) is 2.81. The van der Waals surface area contributed by atoms with E-state index in [0.29, 0.717) is 12.8 Å². The van der Waals surface area contributed by atoms with Gasteiger partial charge in [-0.05, 0) is 0 Å². The number of thioether (sulfide) groups is 1. The third-order valence-electron chi connectivity index (χ3n) is 1.63. The SMILES string of the molecule is CSCCC(N)(CC=[Se])C(=O)O. The Bertz CT molecular complexity index is 177. The molecule has 5 heteroatoms. The first kappa shape index (κ1) is 12.2. The summed E-state index contributed by atoms with van der Waals surface area (Å²) in [4.78, 5) is 12.4. The van der Waals surface area contributed by atoms with E-state index < -0.39 is 11.5 Å². The van der Waals surface area contributed by atoms with E-state index in [4.69, 9.17) is 10.8 Å². The zero-order valence-corrected chi connectivity index (χ0v) is 9.48. The fourth-order valence-electron chi connectivity index (χ4n) is 0.729. The second kappa shape index (κ2) is 5.75. The van der Waals surface area contributed by atoms with E-state index in [0.717, 1.165) is 5.75 Å². The van der Waals surface area contributed by atoms with E-state index >= 15 is 0 Å². The molecule has 0 aromatic carbocycles. The van der Waals surface area contributed by atoms with Crippen LogP contribution in [0.4, 0.5) is 0 Å². The van der Waals surface area contributed by atoms with Crippen molar-refractivity contribution in [3.05, 3.63) is 0 Å². The summed E-state index contributed by atoms with van der Waals surface area (Å²) in [5, 5.41) is 8.82. The second-order valence-electron chi connectivity index (χ2n) is 2.57. The van der Waals surface area contributed by atoms with Crippen molar-refractivity contribution < 1.29 is 9.90 Å². The van der Waals surface area contributed by atoms with Crippen LogP contribution in [-0.2, 0) is 4.79 Å². The average Bonchev–Trinajstić information content (AvgIpc) is 2.01. The molecule has 0 amide bonds. The third kappa shape index (κ3) is 3.72. The first-order chi connectivity index (χ1) is 5.56. The van der Waals surface area contributed by atoms with Gasteiger partial charge < -0.3 is 0 Å². The van der Waals surface area contributed by atoms with Gasteiger partial charge in [-0.3, -0.25) is 0 Å². The summed E-state index contributed by atoms with van der Waals surface area (Å²) in [5.41, 5.74) is 4.58. The van der Waals surface area contributed by atoms with Crippen LogP contribution >= 0.6 is 11.8 Å². The molecular formula is C7H13NO2SSe. The molecule has 0 aromatic heterocycles. The Morgan fingerprint density at radius 3 is 2.75 bits per heavy atom. The molecule has 0 aliphatic heterocycles. The van der Waals surface area contributed by atoms with E-state index in [1.54, 1.807) is 16.7 Å². The Kier molecular flexibility index (Phi) is 5.83. The molecule has 0 saturated carbocycles. The quantitative estimate of drug-likeness (QED) is 0.649. The maximum atomic E-state index is 10.7. The van der Waals surface area contributed by atoms with Gasteiger partial charge in [0, 0.05) is 0 Å². The molecule has 1 unspecified atom stereocenters. The van der Waals surface area contributed by atoms with Crippen LogP contribution in [0, 0.1) is 0 Å². The average molecular weight is 254 g/mol. The summed E-state index contributed by atoms with van der Waals surface area (Å²) in [5.74, 6) is -0.153. The number of carboxylic acid groups (broad SMARTS) is 1. The van der Waals surface area contributed by atoms with E-state index in [2.05, 4.69) is 15.6 Å². The Morgan fingerprint density at radius 1 is 1.83 bits per heavy atom. The number of aliphatic carboxylic acids is 1. The van der Waals surface area contributed by atoms with E-state index in [1.165, 1.54) is 0 Å². The number of hydrogen-bond acceptors (Lipinski definition) is 3. The molecule has 0 fully saturated rings. The van der Waals surface area contributed by atoms with Gasteiger partial charge in [-0.15, -0.1) is 0 Å². The predicted molar refractivity (Wildman–Crippen MR) is 54.0 cm³/mol. The van der Waals surface area contributed by atoms with E-state index in [1.807, 2.05) is 6.26 Å². The molecule has 0 saturated heterocycles. The van der Waals surface area contributed by atoms with Crippen molar-refractivity contribution in [2.24, 2.45) is 5.73 Å². The zero-order chi connectivity index (χ0) is 9.61. The van der Waals surface area contributed by atoms with Crippen molar-refractivity contribution in [3.8, 4) is 0 Å². The maximum absolute atomic E-state index is 10.7. The zero-order valence-electron chi connectivity index (χ0n) is 6.95. The molecular weight excluding hydrogens is 241 g/mol. The number of carbonyl (C=O) groups is 1. The van der Waals surface area contributed by atoms with Crippen LogP contribution in [0.5, 0.6) is 0 Å². The Morgan fingerprint density at radius 2 is 2.42 bits per heavy atom. The van der Waals surface area contributed by atoms with E-state index in [-0.39, 0.29) is 0 Å². The van der Waals surface area contributed by atoms with E-state index in [9.17, 15) is 4.79 Å². The van der Waals surface area contributed by atoms with Crippen molar-refractivity contribution in [1.82, 2.24) is 0 Å². The van der Waals surface area contributed by atoms with Gasteiger partial charge in [-0.2, -0.15) is 0 Å². The van der Waals surface area contributed by atoms with Crippen LogP contribution in [0.2, 0.25) is 0 Å². The van der Waals surface area contributed by atoms with Crippen molar-refractivity contribution in [2.75, 3.05) is 12.0 Å². The van der Waals surface area contributed by atoms with Crippen LogP contribution in [0.15, 0.2) is 0 Å². The Hall–Kier alpha value is 0.169. The van der Waals surface area contributed by atoms with Gasteiger partial charge in [0.05, 0.1) is 0 Å². The van der Waals surface area contributed by atoms with Gasteiger partial charge in [-0.1, -0.05) is 0 Å².